The van der Waals surface area contributed by atoms with Gasteiger partial charge in [-0.3, -0.25) is 57.5 Å². The first-order chi connectivity index (χ1) is 49.4. The van der Waals surface area contributed by atoms with Gasteiger partial charge in [0.1, 0.15) is 66.5 Å². The summed E-state index contributed by atoms with van der Waals surface area (Å²) in [5.74, 6) is -9.49. The van der Waals surface area contributed by atoms with E-state index in [1.165, 1.54) is 59.6 Å². The summed E-state index contributed by atoms with van der Waals surface area (Å²) in [4.78, 5) is 192. The molecule has 584 valence electrons. The van der Waals surface area contributed by atoms with Gasteiger partial charge in [0, 0.05) is 80.2 Å². The van der Waals surface area contributed by atoms with Gasteiger partial charge >= 0.3 is 0 Å². The van der Waals surface area contributed by atoms with Crippen molar-refractivity contribution in [2.24, 2.45) is 23.7 Å². The third kappa shape index (κ3) is 24.2. The molecular formula is C78H122N12O15. The topological polar surface area (TPSA) is 326 Å². The molecule has 13 atom stereocenters. The maximum Gasteiger partial charge on any atom is 0.248 e. The molecule has 0 aromatic heterocycles. The molecular weight excluding hydrogens is 1340 g/mol. The van der Waals surface area contributed by atoms with Crippen LogP contribution >= 0.6 is 0 Å². The van der Waals surface area contributed by atoms with E-state index in [4.69, 9.17) is 9.47 Å². The summed E-state index contributed by atoms with van der Waals surface area (Å²) < 4.78 is 12.3. The number of carbonyl (C=O) groups excluding carboxylic acids is 12. The van der Waals surface area contributed by atoms with Crippen LogP contribution in [0.1, 0.15) is 172 Å². The standard InChI is InChI=1S/C78H122N12O15/c1-18-104-54-43-64-75(101)85(15)61(39-49(6)7)70(96)83-66(51(10)91)77(103)86(16)62(42-53-31-24-20-25-32-53)69(95)80-56(41-52-29-22-19-23-30-52)71(97)84(14)60(38-48(4)5)68(94)81-57(73(99)88-34-26-21-27-35-88)44-65(92)79-55(37-47(2)3)74(100)89-36-28-33-59(89)67(93)82-58(46-105-78(11,12)13)72(98)87(17)63(40-50(8)9)76(102)90(64)45-54/h19-20,22-25,29-32,47-51,54-64,66,91H,18,21,26-28,33-46H2,1-17H3,(H,79,92)(H,80,95)(H,81,94)(H,82,93)(H,83,96)/t51-,54-,55-,56+,57+,58+,59+,60+,61+,62+,63+,64+,66+/m1/s1. The predicted octanol–water partition coefficient (Wildman–Crippen LogP) is 4.00. The number of amides is 12. The molecule has 0 aliphatic carbocycles. The normalized spacial score (nSPS) is 27.0. The van der Waals surface area contributed by atoms with Crippen LogP contribution in [0.25, 0.3) is 0 Å². The summed E-state index contributed by atoms with van der Waals surface area (Å²) >= 11 is 0. The van der Waals surface area contributed by atoms with E-state index in [2.05, 4.69) is 26.6 Å². The van der Waals surface area contributed by atoms with Gasteiger partial charge < -0.3 is 75.5 Å². The summed E-state index contributed by atoms with van der Waals surface area (Å²) in [7, 11) is 5.63. The quantitative estimate of drug-likeness (QED) is 0.123. The van der Waals surface area contributed by atoms with E-state index in [1.54, 1.807) is 93.3 Å². The molecule has 6 N–H and O–H groups in total. The molecule has 105 heavy (non-hydrogen) atoms. The fourth-order valence-corrected chi connectivity index (χ4v) is 14.4. The van der Waals surface area contributed by atoms with Crippen molar-refractivity contribution in [2.75, 3.05) is 67.6 Å². The van der Waals surface area contributed by atoms with Crippen LogP contribution in [0.3, 0.4) is 0 Å². The fourth-order valence-electron chi connectivity index (χ4n) is 14.4. The Labute approximate surface area is 622 Å². The molecule has 2 aromatic rings. The molecule has 4 aliphatic rings. The number of ether oxygens (including phenoxy) is 2. The van der Waals surface area contributed by atoms with Crippen molar-refractivity contribution in [3.63, 3.8) is 0 Å². The van der Waals surface area contributed by atoms with Crippen LogP contribution in [0.5, 0.6) is 0 Å². The summed E-state index contributed by atoms with van der Waals surface area (Å²) in [5, 5.41) is 25.9. The number of likely N-dealkylation sites (N-methyl/N-ethyl adjacent to an activating group) is 4. The number of nitrogens with zero attached hydrogens (tertiary/aromatic N) is 7. The Balaban J connectivity index is 1.52. The highest BCUT2D eigenvalue weighted by Gasteiger charge is 2.49. The average molecular weight is 1470 g/mol. The molecule has 4 aliphatic heterocycles. The number of piperidine rings is 1. The summed E-state index contributed by atoms with van der Waals surface area (Å²) in [5.41, 5.74) is 0.388. The second-order valence-electron chi connectivity index (χ2n) is 31.8. The lowest BCUT2D eigenvalue weighted by Crippen LogP contribution is -2.63. The van der Waals surface area contributed by atoms with Crippen molar-refractivity contribution < 1.29 is 72.1 Å². The molecule has 0 bridgehead atoms. The number of carbonyl (C=O) groups is 12. The Hall–Kier alpha value is -8.04. The van der Waals surface area contributed by atoms with Crippen LogP contribution in [-0.4, -0.2) is 262 Å². The molecule has 6 rings (SSSR count). The molecule has 0 radical (unpaired) electrons. The van der Waals surface area contributed by atoms with Gasteiger partial charge in [-0.2, -0.15) is 0 Å². The Morgan fingerprint density at radius 1 is 0.505 bits per heavy atom. The first kappa shape index (κ1) is 85.9. The highest BCUT2D eigenvalue weighted by Crippen LogP contribution is 2.29. The lowest BCUT2D eigenvalue weighted by Gasteiger charge is -2.38. The summed E-state index contributed by atoms with van der Waals surface area (Å²) in [6.45, 7) is 23.9. The van der Waals surface area contributed by atoms with Crippen LogP contribution < -0.4 is 26.6 Å². The Bertz CT molecular complexity index is 3290. The number of likely N-dealkylation sites (tertiary alicyclic amines) is 1. The average Bonchev–Trinajstić information content (AvgIpc) is 1.68. The highest BCUT2D eigenvalue weighted by molar-refractivity contribution is 6.01. The Morgan fingerprint density at radius 3 is 1.54 bits per heavy atom. The number of aliphatic hydroxyl groups is 1. The molecule has 4 heterocycles. The molecule has 27 nitrogen and oxygen atoms in total. The van der Waals surface area contributed by atoms with E-state index in [-0.39, 0.29) is 101 Å². The third-order valence-electron chi connectivity index (χ3n) is 20.1. The smallest absolute Gasteiger partial charge is 0.248 e. The zero-order valence-electron chi connectivity index (χ0n) is 65.3. The van der Waals surface area contributed by atoms with E-state index >= 15 is 43.2 Å². The van der Waals surface area contributed by atoms with Crippen LogP contribution in [-0.2, 0) is 79.8 Å². The van der Waals surface area contributed by atoms with Crippen LogP contribution in [0.4, 0.5) is 0 Å². The van der Waals surface area contributed by atoms with Gasteiger partial charge in [0.25, 0.3) is 0 Å². The van der Waals surface area contributed by atoms with Gasteiger partial charge in [0.15, 0.2) is 0 Å². The molecule has 4 saturated heterocycles. The second-order valence-corrected chi connectivity index (χ2v) is 31.8. The van der Waals surface area contributed by atoms with Gasteiger partial charge in [-0.25, -0.2) is 0 Å². The van der Waals surface area contributed by atoms with Gasteiger partial charge in [0.2, 0.25) is 70.9 Å². The zero-order chi connectivity index (χ0) is 77.9. The molecule has 4 fully saturated rings. The Kier molecular flexibility index (Phi) is 32.3. The van der Waals surface area contributed by atoms with Crippen LogP contribution in [0.2, 0.25) is 0 Å². The maximum atomic E-state index is 15.6. The lowest BCUT2D eigenvalue weighted by atomic mass is 9.97. The summed E-state index contributed by atoms with van der Waals surface area (Å²) in [6.07, 6.45) is -0.0419. The molecule has 2 aromatic carbocycles. The molecule has 12 amide bonds. The second kappa shape index (κ2) is 39.5. The molecule has 0 spiro atoms. The highest BCUT2D eigenvalue weighted by atomic mass is 16.5. The van der Waals surface area contributed by atoms with Crippen LogP contribution in [0, 0.1) is 23.7 Å². The van der Waals surface area contributed by atoms with Crippen molar-refractivity contribution in [1.29, 1.82) is 0 Å². The number of rotatable bonds is 18. The number of fused-ring (bicyclic) bond motifs is 2. The van der Waals surface area contributed by atoms with Gasteiger partial charge in [-0.15, -0.1) is 0 Å². The van der Waals surface area contributed by atoms with Gasteiger partial charge in [-0.1, -0.05) is 116 Å². The lowest BCUT2D eigenvalue weighted by molar-refractivity contribution is -0.154. The van der Waals surface area contributed by atoms with Gasteiger partial charge in [-0.05, 0) is 127 Å². The van der Waals surface area contributed by atoms with Crippen molar-refractivity contribution in [2.45, 2.75) is 258 Å². The van der Waals surface area contributed by atoms with Crippen molar-refractivity contribution in [3.05, 3.63) is 71.8 Å². The summed E-state index contributed by atoms with van der Waals surface area (Å²) in [6, 6.07) is 2.69. The zero-order valence-corrected chi connectivity index (χ0v) is 65.3. The SMILES string of the molecule is CCO[C@@H]1C[C@H]2C(=O)N(C)[C@@H](CC(C)C)C(=O)N[C@@H]([C@@H](C)O)C(=O)N(C)[C@@H](Cc3ccccc3)C(=O)N[C@@H](Cc3ccccc3)C(=O)N(C)[C@@H](CC(C)C)C(=O)N[C@H](C(=O)N3CCCCC3)CC(=O)N[C@H](CC(C)C)C(=O)N3CCC[C@H]3C(=O)N[C@@H](COC(C)(C)C)C(=O)N(C)[C@@H](CC(C)C)C(=O)N2C1. The number of benzene rings is 2. The minimum Gasteiger partial charge on any atom is -0.391 e. The van der Waals surface area contributed by atoms with Crippen molar-refractivity contribution in [3.8, 4) is 0 Å². The predicted molar refractivity (Wildman–Crippen MR) is 397 cm³/mol. The minimum absolute atomic E-state index is 0.00653. The number of aliphatic hydroxyl groups excluding tert-OH is 1. The molecule has 0 unspecified atom stereocenters. The largest absolute Gasteiger partial charge is 0.391 e. The number of nitrogens with one attached hydrogen (secondary N) is 5. The maximum absolute atomic E-state index is 15.6. The van der Waals surface area contributed by atoms with Gasteiger partial charge in [0.05, 0.1) is 30.8 Å². The Morgan fingerprint density at radius 2 is 1.00 bits per heavy atom. The van der Waals surface area contributed by atoms with E-state index in [9.17, 15) is 19.5 Å². The first-order valence-electron chi connectivity index (χ1n) is 37.9. The third-order valence-corrected chi connectivity index (χ3v) is 20.1. The van der Waals surface area contributed by atoms with E-state index in [0.29, 0.717) is 43.5 Å². The number of hydrogen-bond donors (Lipinski definition) is 6. The van der Waals surface area contributed by atoms with E-state index < -0.39 is 162 Å². The monoisotopic (exact) mass is 1470 g/mol. The van der Waals surface area contributed by atoms with Crippen molar-refractivity contribution >= 4 is 70.9 Å². The molecule has 27 heteroatoms. The number of hydrogen-bond acceptors (Lipinski definition) is 15. The van der Waals surface area contributed by atoms with E-state index in [1.807, 2.05) is 55.4 Å². The fraction of sp³-hybridized carbons (Fsp3) is 0.692. The van der Waals surface area contributed by atoms with Crippen molar-refractivity contribution in [1.82, 2.24) is 60.9 Å². The van der Waals surface area contributed by atoms with Crippen LogP contribution in [0.15, 0.2) is 60.7 Å². The first-order valence-corrected chi connectivity index (χ1v) is 37.9. The minimum atomic E-state index is -1.73. The molecule has 0 saturated carbocycles. The van der Waals surface area contributed by atoms with E-state index in [0.717, 1.165) is 11.3 Å².